The Bertz CT molecular complexity index is 310. The second kappa shape index (κ2) is 18.0. The minimum Gasteiger partial charge on any atom is -0.633 e. The molecule has 0 heterocycles. The average molecular weight is 369 g/mol. The lowest BCUT2D eigenvalue weighted by atomic mass is 10.0. The van der Waals surface area contributed by atoms with E-state index in [0.717, 1.165) is 12.8 Å². The number of hydroxylamine groups is 3. The van der Waals surface area contributed by atoms with E-state index in [4.69, 9.17) is 5.73 Å². The van der Waals surface area contributed by atoms with E-state index in [1.807, 2.05) is 0 Å². The maximum Gasteiger partial charge on any atom is 0.0794 e. The number of allylic oxidation sites excluding steroid dienone is 2. The SMILES string of the molecule is CCCCCCCC/C=C\CCCCCCCCC(N)CC[N+](C)(C)[O-]. The van der Waals surface area contributed by atoms with Crippen LogP contribution in [0.4, 0.5) is 0 Å². The van der Waals surface area contributed by atoms with Crippen molar-refractivity contribution in [3.63, 3.8) is 0 Å². The third-order valence-electron chi connectivity index (χ3n) is 5.13. The lowest BCUT2D eigenvalue weighted by molar-refractivity contribution is -0.840. The van der Waals surface area contributed by atoms with Crippen molar-refractivity contribution < 1.29 is 4.65 Å². The van der Waals surface area contributed by atoms with Gasteiger partial charge >= 0.3 is 0 Å². The normalized spacial score (nSPS) is 13.6. The van der Waals surface area contributed by atoms with Gasteiger partial charge in [0.25, 0.3) is 0 Å². The summed E-state index contributed by atoms with van der Waals surface area (Å²) in [6.45, 7) is 2.91. The molecule has 3 heteroatoms. The molecule has 0 amide bonds. The zero-order chi connectivity index (χ0) is 19.5. The Kier molecular flexibility index (Phi) is 17.7. The highest BCUT2D eigenvalue weighted by Gasteiger charge is 2.07. The van der Waals surface area contributed by atoms with Gasteiger partial charge in [-0.1, -0.05) is 83.3 Å². The van der Waals surface area contributed by atoms with E-state index >= 15 is 0 Å². The molecule has 0 aromatic heterocycles. The molecular weight excluding hydrogens is 320 g/mol. The van der Waals surface area contributed by atoms with Gasteiger partial charge in [0.05, 0.1) is 20.6 Å². The molecule has 0 radical (unpaired) electrons. The third kappa shape index (κ3) is 21.7. The van der Waals surface area contributed by atoms with Crippen molar-refractivity contribution >= 4 is 0 Å². The van der Waals surface area contributed by atoms with Gasteiger partial charge in [0.15, 0.2) is 0 Å². The quantitative estimate of drug-likeness (QED) is 0.119. The van der Waals surface area contributed by atoms with Crippen LogP contribution in [0.5, 0.6) is 0 Å². The average Bonchev–Trinajstić information content (AvgIpc) is 2.59. The van der Waals surface area contributed by atoms with E-state index in [2.05, 4.69) is 19.1 Å². The zero-order valence-electron chi connectivity index (χ0n) is 18.2. The van der Waals surface area contributed by atoms with Gasteiger partial charge in [0.2, 0.25) is 0 Å². The van der Waals surface area contributed by atoms with Crippen molar-refractivity contribution in [1.82, 2.24) is 0 Å². The third-order valence-corrected chi connectivity index (χ3v) is 5.13. The molecule has 1 unspecified atom stereocenters. The van der Waals surface area contributed by atoms with Crippen LogP contribution in [0.15, 0.2) is 12.2 Å². The van der Waals surface area contributed by atoms with Gasteiger partial charge in [-0.15, -0.1) is 0 Å². The lowest BCUT2D eigenvalue weighted by Crippen LogP contribution is -2.36. The van der Waals surface area contributed by atoms with Crippen molar-refractivity contribution in [3.8, 4) is 0 Å². The van der Waals surface area contributed by atoms with Crippen LogP contribution in [0.2, 0.25) is 0 Å². The highest BCUT2D eigenvalue weighted by atomic mass is 16.5. The Morgan fingerprint density at radius 3 is 1.69 bits per heavy atom. The molecule has 0 rings (SSSR count). The van der Waals surface area contributed by atoms with Crippen molar-refractivity contribution in [2.75, 3.05) is 20.6 Å². The summed E-state index contributed by atoms with van der Waals surface area (Å²) in [6, 6.07) is 0.207. The van der Waals surface area contributed by atoms with Crippen LogP contribution in [0.1, 0.15) is 110 Å². The van der Waals surface area contributed by atoms with Gasteiger partial charge in [0, 0.05) is 12.5 Å². The molecule has 0 aliphatic heterocycles. The first-order valence-electron chi connectivity index (χ1n) is 11.4. The fourth-order valence-electron chi connectivity index (χ4n) is 3.28. The van der Waals surface area contributed by atoms with Gasteiger partial charge < -0.3 is 15.6 Å². The minimum atomic E-state index is -0.221. The van der Waals surface area contributed by atoms with Gasteiger partial charge in [-0.2, -0.15) is 0 Å². The van der Waals surface area contributed by atoms with Crippen LogP contribution in [0.3, 0.4) is 0 Å². The fourth-order valence-corrected chi connectivity index (χ4v) is 3.28. The molecule has 156 valence electrons. The molecule has 1 atom stereocenters. The molecule has 3 nitrogen and oxygen atoms in total. The standard InChI is InChI=1S/C23H48N2O/c1-4-5-6-7-8-9-10-11-12-13-14-15-16-17-18-19-20-23(24)21-22-25(2,3)26/h11-12,23H,4-10,13-22,24H2,1-3H3/b12-11-. The van der Waals surface area contributed by atoms with E-state index < -0.39 is 0 Å². The Morgan fingerprint density at radius 1 is 0.731 bits per heavy atom. The molecule has 0 bridgehead atoms. The maximum absolute atomic E-state index is 11.5. The number of hydrogen-bond acceptors (Lipinski definition) is 2. The number of unbranched alkanes of at least 4 members (excludes halogenated alkanes) is 12. The first-order chi connectivity index (χ1) is 12.5. The molecule has 0 aromatic rings. The summed E-state index contributed by atoms with van der Waals surface area (Å²) in [5.41, 5.74) is 6.09. The molecule has 0 fully saturated rings. The highest BCUT2D eigenvalue weighted by molar-refractivity contribution is 4.81. The number of quaternary nitrogens is 1. The first kappa shape index (κ1) is 25.6. The summed E-state index contributed by atoms with van der Waals surface area (Å²) in [7, 11) is 3.38. The van der Waals surface area contributed by atoms with Crippen LogP contribution < -0.4 is 5.73 Å². The van der Waals surface area contributed by atoms with E-state index in [0.29, 0.717) is 6.54 Å². The molecule has 0 saturated heterocycles. The molecule has 0 spiro atoms. The molecule has 0 aliphatic rings. The summed E-state index contributed by atoms with van der Waals surface area (Å²) >= 11 is 0. The molecule has 26 heavy (non-hydrogen) atoms. The fraction of sp³-hybridized carbons (Fsp3) is 0.913. The number of rotatable bonds is 19. The van der Waals surface area contributed by atoms with Crippen LogP contribution in [-0.4, -0.2) is 31.3 Å². The Hall–Kier alpha value is -0.380. The van der Waals surface area contributed by atoms with Crippen LogP contribution >= 0.6 is 0 Å². The summed E-state index contributed by atoms with van der Waals surface area (Å²) in [6.07, 6.45) is 25.5. The van der Waals surface area contributed by atoms with Crippen LogP contribution in [0.25, 0.3) is 0 Å². The monoisotopic (exact) mass is 368 g/mol. The topological polar surface area (TPSA) is 49.1 Å². The van der Waals surface area contributed by atoms with E-state index in [-0.39, 0.29) is 10.7 Å². The molecular formula is C23H48N2O. The number of hydrogen-bond donors (Lipinski definition) is 1. The van der Waals surface area contributed by atoms with E-state index in [9.17, 15) is 5.21 Å². The van der Waals surface area contributed by atoms with E-state index in [1.54, 1.807) is 14.1 Å². The molecule has 0 aromatic carbocycles. The Balaban J connectivity index is 3.22. The summed E-state index contributed by atoms with van der Waals surface area (Å²) in [4.78, 5) is 0. The first-order valence-corrected chi connectivity index (χ1v) is 11.4. The lowest BCUT2D eigenvalue weighted by Gasteiger charge is -2.34. The van der Waals surface area contributed by atoms with Crippen molar-refractivity contribution in [2.24, 2.45) is 5.73 Å². The predicted octanol–water partition coefficient (Wildman–Crippen LogP) is 6.71. The van der Waals surface area contributed by atoms with Gasteiger partial charge in [-0.05, 0) is 32.1 Å². The molecule has 2 N–H and O–H groups in total. The van der Waals surface area contributed by atoms with Gasteiger partial charge in [-0.3, -0.25) is 0 Å². The maximum atomic E-state index is 11.5. The van der Waals surface area contributed by atoms with E-state index in [1.165, 1.54) is 89.9 Å². The van der Waals surface area contributed by atoms with Crippen molar-refractivity contribution in [1.29, 1.82) is 0 Å². The van der Waals surface area contributed by atoms with Gasteiger partial charge in [0.1, 0.15) is 0 Å². The second-order valence-electron chi connectivity index (χ2n) is 8.57. The number of nitrogens with two attached hydrogens (primary N) is 1. The van der Waals surface area contributed by atoms with Crippen LogP contribution in [0, 0.1) is 5.21 Å². The number of nitrogens with zero attached hydrogens (tertiary/aromatic N) is 1. The largest absolute Gasteiger partial charge is 0.633 e. The summed E-state index contributed by atoms with van der Waals surface area (Å²) in [5.74, 6) is 0. The zero-order valence-corrected chi connectivity index (χ0v) is 18.2. The summed E-state index contributed by atoms with van der Waals surface area (Å²) in [5, 5.41) is 11.5. The minimum absolute atomic E-state index is 0.207. The smallest absolute Gasteiger partial charge is 0.0794 e. The predicted molar refractivity (Wildman–Crippen MR) is 117 cm³/mol. The second-order valence-corrected chi connectivity index (χ2v) is 8.57. The Morgan fingerprint density at radius 2 is 1.19 bits per heavy atom. The van der Waals surface area contributed by atoms with Crippen molar-refractivity contribution in [2.45, 2.75) is 116 Å². The Labute approximate surface area is 164 Å². The molecule has 0 saturated carbocycles. The van der Waals surface area contributed by atoms with Crippen molar-refractivity contribution in [3.05, 3.63) is 17.4 Å². The molecule has 0 aliphatic carbocycles. The summed E-state index contributed by atoms with van der Waals surface area (Å²) < 4.78 is -0.221. The van der Waals surface area contributed by atoms with Gasteiger partial charge in [-0.25, -0.2) is 0 Å². The van der Waals surface area contributed by atoms with Crippen LogP contribution in [-0.2, 0) is 0 Å². The highest BCUT2D eigenvalue weighted by Crippen LogP contribution is 2.12.